The lowest BCUT2D eigenvalue weighted by Gasteiger charge is -2.16. The molecule has 0 aliphatic heterocycles. The largest absolute Gasteiger partial charge is 0.392 e. The van der Waals surface area contributed by atoms with E-state index >= 15 is 0 Å². The molecule has 0 fully saturated rings. The highest BCUT2D eigenvalue weighted by Crippen LogP contribution is 2.25. The first-order valence-corrected chi connectivity index (χ1v) is 6.70. The molecule has 1 rings (SSSR count). The van der Waals surface area contributed by atoms with Crippen LogP contribution in [0.1, 0.15) is 23.6 Å². The van der Waals surface area contributed by atoms with Gasteiger partial charge in [-0.1, -0.05) is 44.8 Å². The predicted octanol–water partition coefficient (Wildman–Crippen LogP) is 3.75. The Morgan fingerprint density at radius 3 is 2.40 bits per heavy atom. The molecule has 0 aromatic heterocycles. The molecule has 0 heterocycles. The molecule has 0 aliphatic carbocycles. The second-order valence-corrected chi connectivity index (χ2v) is 6.29. The van der Waals surface area contributed by atoms with Crippen LogP contribution in [0.5, 0.6) is 0 Å². The summed E-state index contributed by atoms with van der Waals surface area (Å²) in [6.45, 7) is 6.12. The Morgan fingerprint density at radius 2 is 1.93 bits per heavy atom. The van der Waals surface area contributed by atoms with Crippen molar-refractivity contribution >= 4 is 31.9 Å². The minimum Gasteiger partial charge on any atom is -0.392 e. The van der Waals surface area contributed by atoms with E-state index in [1.165, 1.54) is 16.7 Å². The molecular formula is C12H16Br2O. The second-order valence-electron chi connectivity index (χ2n) is 3.99. The van der Waals surface area contributed by atoms with Gasteiger partial charge in [-0.3, -0.25) is 0 Å². The van der Waals surface area contributed by atoms with Gasteiger partial charge in [0.15, 0.2) is 0 Å². The van der Waals surface area contributed by atoms with Crippen molar-refractivity contribution in [3.63, 3.8) is 0 Å². The van der Waals surface area contributed by atoms with Crippen molar-refractivity contribution < 1.29 is 5.11 Å². The topological polar surface area (TPSA) is 20.2 Å². The lowest BCUT2D eigenvalue weighted by atomic mass is 9.99. The lowest BCUT2D eigenvalue weighted by Crippen LogP contribution is -2.20. The van der Waals surface area contributed by atoms with Gasteiger partial charge in [0, 0.05) is 15.7 Å². The van der Waals surface area contributed by atoms with Crippen molar-refractivity contribution in [3.8, 4) is 0 Å². The van der Waals surface area contributed by atoms with E-state index in [1.807, 2.05) is 6.92 Å². The van der Waals surface area contributed by atoms with Crippen LogP contribution < -0.4 is 0 Å². The quantitative estimate of drug-likeness (QED) is 0.834. The Hall–Kier alpha value is 0.140. The molecule has 15 heavy (non-hydrogen) atoms. The monoisotopic (exact) mass is 334 g/mol. The van der Waals surface area contributed by atoms with Crippen LogP contribution in [-0.2, 0) is 6.42 Å². The van der Waals surface area contributed by atoms with E-state index in [0.717, 1.165) is 4.47 Å². The van der Waals surface area contributed by atoms with Crippen molar-refractivity contribution in [1.29, 1.82) is 0 Å². The highest BCUT2D eigenvalue weighted by Gasteiger charge is 2.15. The fraction of sp³-hybridized carbons (Fsp3) is 0.500. The molecule has 84 valence electrons. The van der Waals surface area contributed by atoms with Crippen LogP contribution in [0.3, 0.4) is 0 Å². The molecule has 0 radical (unpaired) electrons. The molecular weight excluding hydrogens is 320 g/mol. The maximum absolute atomic E-state index is 9.83. The van der Waals surface area contributed by atoms with Crippen molar-refractivity contribution in [1.82, 2.24) is 0 Å². The van der Waals surface area contributed by atoms with Gasteiger partial charge in [-0.25, -0.2) is 0 Å². The van der Waals surface area contributed by atoms with Crippen LogP contribution in [0.4, 0.5) is 0 Å². The maximum Gasteiger partial charge on any atom is 0.0703 e. The molecule has 1 nitrogen and oxygen atoms in total. The van der Waals surface area contributed by atoms with Crippen molar-refractivity contribution in [3.05, 3.63) is 33.3 Å². The number of rotatable bonds is 3. The SMILES string of the molecule is Cc1cc(C)c(CC(O)C(C)Br)c(Br)c1. The molecule has 0 spiro atoms. The van der Waals surface area contributed by atoms with E-state index in [4.69, 9.17) is 0 Å². The van der Waals surface area contributed by atoms with E-state index < -0.39 is 0 Å². The summed E-state index contributed by atoms with van der Waals surface area (Å²) in [6.07, 6.45) is 0.335. The zero-order valence-corrected chi connectivity index (χ0v) is 12.4. The lowest BCUT2D eigenvalue weighted by molar-refractivity contribution is 0.178. The fourth-order valence-corrected chi connectivity index (χ4v) is 2.60. The summed E-state index contributed by atoms with van der Waals surface area (Å²) < 4.78 is 1.09. The number of aliphatic hydroxyl groups is 1. The summed E-state index contributed by atoms with van der Waals surface area (Å²) in [5.74, 6) is 0. The number of halogens is 2. The predicted molar refractivity (Wildman–Crippen MR) is 71.7 cm³/mol. The Morgan fingerprint density at radius 1 is 1.33 bits per heavy atom. The second kappa shape index (κ2) is 5.46. The van der Waals surface area contributed by atoms with Gasteiger partial charge < -0.3 is 5.11 Å². The Balaban J connectivity index is 2.95. The minimum atomic E-state index is -0.345. The number of alkyl halides is 1. The third-order valence-corrected chi connectivity index (χ3v) is 3.82. The summed E-state index contributed by atoms with van der Waals surface area (Å²) in [4.78, 5) is 0.116. The molecule has 2 atom stereocenters. The Kier molecular flexibility index (Phi) is 4.81. The smallest absolute Gasteiger partial charge is 0.0703 e. The van der Waals surface area contributed by atoms with Gasteiger partial charge in [0.1, 0.15) is 0 Å². The molecule has 1 aromatic carbocycles. The molecule has 0 amide bonds. The van der Waals surface area contributed by atoms with E-state index in [-0.39, 0.29) is 10.9 Å². The standard InChI is InChI=1S/C12H16Br2O/c1-7-4-8(2)10(11(14)5-7)6-12(15)9(3)13/h4-5,9,12,15H,6H2,1-3H3. The van der Waals surface area contributed by atoms with E-state index in [0.29, 0.717) is 6.42 Å². The number of hydrogen-bond acceptors (Lipinski definition) is 1. The van der Waals surface area contributed by atoms with Gasteiger partial charge in [0.05, 0.1) is 6.10 Å². The third-order valence-electron chi connectivity index (χ3n) is 2.51. The molecule has 0 aliphatic rings. The summed E-state index contributed by atoms with van der Waals surface area (Å²) in [5.41, 5.74) is 3.66. The first kappa shape index (κ1) is 13.2. The van der Waals surface area contributed by atoms with Crippen LogP contribution in [0.2, 0.25) is 0 Å². The van der Waals surface area contributed by atoms with E-state index in [1.54, 1.807) is 0 Å². The average Bonchev–Trinajstić information content (AvgIpc) is 2.10. The van der Waals surface area contributed by atoms with Crippen molar-refractivity contribution in [2.45, 2.75) is 38.1 Å². The van der Waals surface area contributed by atoms with Crippen LogP contribution >= 0.6 is 31.9 Å². The number of aliphatic hydroxyl groups excluding tert-OH is 1. The number of hydrogen-bond donors (Lipinski definition) is 1. The Bertz CT molecular complexity index is 324. The number of aryl methyl sites for hydroxylation is 2. The molecule has 0 saturated heterocycles. The molecule has 1 aromatic rings. The van der Waals surface area contributed by atoms with Gasteiger partial charge in [0.2, 0.25) is 0 Å². The zero-order valence-electron chi connectivity index (χ0n) is 9.22. The van der Waals surface area contributed by atoms with Crippen LogP contribution in [-0.4, -0.2) is 16.0 Å². The van der Waals surface area contributed by atoms with Gasteiger partial charge in [-0.2, -0.15) is 0 Å². The summed E-state index contributed by atoms with van der Waals surface area (Å²) >= 11 is 6.94. The molecule has 3 heteroatoms. The minimum absolute atomic E-state index is 0.116. The van der Waals surface area contributed by atoms with Gasteiger partial charge >= 0.3 is 0 Å². The van der Waals surface area contributed by atoms with Crippen molar-refractivity contribution in [2.24, 2.45) is 0 Å². The van der Waals surface area contributed by atoms with E-state index in [2.05, 4.69) is 57.8 Å². The summed E-state index contributed by atoms with van der Waals surface area (Å²) in [6, 6.07) is 4.24. The zero-order chi connectivity index (χ0) is 11.6. The summed E-state index contributed by atoms with van der Waals surface area (Å²) in [5, 5.41) is 9.83. The van der Waals surface area contributed by atoms with E-state index in [9.17, 15) is 5.11 Å². The van der Waals surface area contributed by atoms with Gasteiger partial charge in [-0.05, 0) is 36.6 Å². The average molecular weight is 336 g/mol. The molecule has 2 unspecified atom stereocenters. The fourth-order valence-electron chi connectivity index (χ4n) is 1.58. The first-order valence-electron chi connectivity index (χ1n) is 4.99. The highest BCUT2D eigenvalue weighted by atomic mass is 79.9. The first-order chi connectivity index (χ1) is 6.91. The maximum atomic E-state index is 9.83. The summed E-state index contributed by atoms with van der Waals surface area (Å²) in [7, 11) is 0. The third kappa shape index (κ3) is 3.58. The van der Waals surface area contributed by atoms with Gasteiger partial charge in [-0.15, -0.1) is 0 Å². The highest BCUT2D eigenvalue weighted by molar-refractivity contribution is 9.10. The Labute approximate surface area is 108 Å². The molecule has 0 saturated carbocycles. The molecule has 1 N–H and O–H groups in total. The molecule has 0 bridgehead atoms. The van der Waals surface area contributed by atoms with Gasteiger partial charge in [0.25, 0.3) is 0 Å². The van der Waals surface area contributed by atoms with Crippen LogP contribution in [0, 0.1) is 13.8 Å². The normalized spacial score (nSPS) is 15.1. The van der Waals surface area contributed by atoms with Crippen LogP contribution in [0.25, 0.3) is 0 Å². The van der Waals surface area contributed by atoms with Crippen LogP contribution in [0.15, 0.2) is 16.6 Å². The van der Waals surface area contributed by atoms with Crippen molar-refractivity contribution in [2.75, 3.05) is 0 Å². The number of benzene rings is 1.